The van der Waals surface area contributed by atoms with Gasteiger partial charge in [-0.3, -0.25) is 14.9 Å². The first kappa shape index (κ1) is 20.6. The van der Waals surface area contributed by atoms with Crippen molar-refractivity contribution in [2.24, 2.45) is 0 Å². The Morgan fingerprint density at radius 3 is 2.41 bits per heavy atom. The van der Waals surface area contributed by atoms with Crippen molar-refractivity contribution in [3.05, 3.63) is 64.7 Å². The first-order valence-corrected chi connectivity index (χ1v) is 9.13. The van der Waals surface area contributed by atoms with E-state index in [0.29, 0.717) is 22.8 Å². The zero-order valence-electron chi connectivity index (χ0n) is 15.0. The van der Waals surface area contributed by atoms with E-state index in [0.717, 1.165) is 11.1 Å². The number of anilines is 2. The van der Waals surface area contributed by atoms with Crippen molar-refractivity contribution in [2.75, 3.05) is 10.6 Å². The number of carbonyl (C=O) groups is 2. The molecule has 7 heteroatoms. The molecule has 0 saturated heterocycles. The molecule has 0 aliphatic rings. The van der Waals surface area contributed by atoms with Crippen molar-refractivity contribution in [1.82, 2.24) is 5.32 Å². The third-order valence-corrected chi connectivity index (χ3v) is 4.28. The Balaban J connectivity index is 1.99. The van der Waals surface area contributed by atoms with Crippen LogP contribution in [0, 0.1) is 6.92 Å². The Bertz CT molecular complexity index is 897. The summed E-state index contributed by atoms with van der Waals surface area (Å²) >= 11 is 11.2. The van der Waals surface area contributed by atoms with Gasteiger partial charge in [0.05, 0.1) is 0 Å². The summed E-state index contributed by atoms with van der Waals surface area (Å²) in [5.41, 5.74) is 2.95. The Labute approximate surface area is 168 Å². The zero-order chi connectivity index (χ0) is 19.8. The summed E-state index contributed by atoms with van der Waals surface area (Å²) in [5, 5.41) is 9.09. The second kappa shape index (κ2) is 9.85. The van der Waals surface area contributed by atoms with Crippen LogP contribution in [-0.4, -0.2) is 16.9 Å². The van der Waals surface area contributed by atoms with Gasteiger partial charge in [0.2, 0.25) is 11.8 Å². The Hall–Kier alpha value is -2.70. The van der Waals surface area contributed by atoms with E-state index in [4.69, 9.17) is 23.8 Å². The lowest BCUT2D eigenvalue weighted by molar-refractivity contribution is -0.116. The average Bonchev–Trinajstić information content (AvgIpc) is 2.64. The maximum atomic E-state index is 12.0. The van der Waals surface area contributed by atoms with Crippen LogP contribution in [0.1, 0.15) is 24.5 Å². The van der Waals surface area contributed by atoms with E-state index < -0.39 is 0 Å². The van der Waals surface area contributed by atoms with E-state index in [9.17, 15) is 9.59 Å². The van der Waals surface area contributed by atoms with Gasteiger partial charge in [-0.2, -0.15) is 0 Å². The molecule has 0 bridgehead atoms. The minimum Gasteiger partial charge on any atom is -0.332 e. The highest BCUT2D eigenvalue weighted by Crippen LogP contribution is 2.23. The summed E-state index contributed by atoms with van der Waals surface area (Å²) in [6.45, 7) is 3.64. The molecule has 0 aromatic heterocycles. The zero-order valence-corrected chi connectivity index (χ0v) is 16.6. The van der Waals surface area contributed by atoms with Crippen molar-refractivity contribution < 1.29 is 9.59 Å². The molecule has 0 aliphatic heterocycles. The lowest BCUT2D eigenvalue weighted by Crippen LogP contribution is -2.33. The molecule has 5 nitrogen and oxygen atoms in total. The summed E-state index contributed by atoms with van der Waals surface area (Å²) < 4.78 is 0. The van der Waals surface area contributed by atoms with Crippen LogP contribution in [0.2, 0.25) is 5.02 Å². The number of nitrogens with one attached hydrogen (secondary N) is 3. The Morgan fingerprint density at radius 1 is 1.07 bits per heavy atom. The van der Waals surface area contributed by atoms with Crippen molar-refractivity contribution in [2.45, 2.75) is 20.3 Å². The van der Waals surface area contributed by atoms with E-state index in [1.165, 1.54) is 6.08 Å². The number of hydrogen-bond acceptors (Lipinski definition) is 3. The summed E-state index contributed by atoms with van der Waals surface area (Å²) in [6.07, 6.45) is 3.37. The van der Waals surface area contributed by atoms with E-state index in [-0.39, 0.29) is 16.9 Å². The second-order valence-electron chi connectivity index (χ2n) is 5.68. The summed E-state index contributed by atoms with van der Waals surface area (Å²) in [7, 11) is 0. The molecule has 0 unspecified atom stereocenters. The predicted octanol–water partition coefficient (Wildman–Crippen LogP) is 4.52. The van der Waals surface area contributed by atoms with E-state index in [2.05, 4.69) is 16.0 Å². The third-order valence-electron chi connectivity index (χ3n) is 3.73. The standard InChI is InChI=1S/C20H20ClN3O2S/c1-3-18(25)22-16-9-6-10-17(13(16)2)23-20(27)24-19(26)12-11-14-7-4-5-8-15(14)21/h4-12H,3H2,1-2H3,(H,22,25)(H2,23,24,26,27)/b12-11+. The summed E-state index contributed by atoms with van der Waals surface area (Å²) in [5.74, 6) is -0.448. The SMILES string of the molecule is CCC(=O)Nc1cccc(NC(=S)NC(=O)/C=C/c2ccccc2Cl)c1C. The van der Waals surface area contributed by atoms with Crippen molar-refractivity contribution in [3.8, 4) is 0 Å². The number of rotatable bonds is 5. The maximum absolute atomic E-state index is 12.0. The lowest BCUT2D eigenvalue weighted by atomic mass is 10.1. The minimum atomic E-state index is -0.375. The molecule has 0 atom stereocenters. The van der Waals surface area contributed by atoms with Crippen LogP contribution in [0.3, 0.4) is 0 Å². The van der Waals surface area contributed by atoms with Crippen molar-refractivity contribution in [3.63, 3.8) is 0 Å². The Morgan fingerprint density at radius 2 is 1.74 bits per heavy atom. The fourth-order valence-electron chi connectivity index (χ4n) is 2.23. The number of hydrogen-bond donors (Lipinski definition) is 3. The number of thiocarbonyl (C=S) groups is 1. The Kier molecular flexibility index (Phi) is 7.52. The quantitative estimate of drug-likeness (QED) is 0.508. The van der Waals surface area contributed by atoms with Gasteiger partial charge in [-0.25, -0.2) is 0 Å². The molecule has 2 aromatic carbocycles. The monoisotopic (exact) mass is 401 g/mol. The molecule has 2 rings (SSSR count). The van der Waals surface area contributed by atoms with Gasteiger partial charge in [0.15, 0.2) is 5.11 Å². The molecule has 0 fully saturated rings. The normalized spacial score (nSPS) is 10.5. The molecule has 0 spiro atoms. The molecule has 2 aromatic rings. The van der Waals surface area contributed by atoms with Gasteiger partial charge in [0.1, 0.15) is 0 Å². The van der Waals surface area contributed by atoms with Gasteiger partial charge < -0.3 is 10.6 Å². The van der Waals surface area contributed by atoms with Crippen LogP contribution in [0.5, 0.6) is 0 Å². The molecular weight excluding hydrogens is 382 g/mol. The third kappa shape index (κ3) is 6.20. The van der Waals surface area contributed by atoms with Crippen LogP contribution in [0.4, 0.5) is 11.4 Å². The van der Waals surface area contributed by atoms with Gasteiger partial charge in [-0.05, 0) is 54.5 Å². The van der Waals surface area contributed by atoms with Crippen molar-refractivity contribution >= 4 is 58.2 Å². The molecule has 0 radical (unpaired) electrons. The van der Waals surface area contributed by atoms with Gasteiger partial charge in [-0.1, -0.05) is 42.8 Å². The number of carbonyl (C=O) groups excluding carboxylic acids is 2. The van der Waals surface area contributed by atoms with Crippen LogP contribution in [0.15, 0.2) is 48.5 Å². The summed E-state index contributed by atoms with van der Waals surface area (Å²) in [6, 6.07) is 12.6. The lowest BCUT2D eigenvalue weighted by Gasteiger charge is -2.14. The summed E-state index contributed by atoms with van der Waals surface area (Å²) in [4.78, 5) is 23.6. The van der Waals surface area contributed by atoms with Gasteiger partial charge in [0.25, 0.3) is 0 Å². The van der Waals surface area contributed by atoms with Crippen molar-refractivity contribution in [1.29, 1.82) is 0 Å². The van der Waals surface area contributed by atoms with Gasteiger partial charge in [-0.15, -0.1) is 0 Å². The molecule has 2 amide bonds. The molecular formula is C20H20ClN3O2S. The maximum Gasteiger partial charge on any atom is 0.250 e. The fourth-order valence-corrected chi connectivity index (χ4v) is 2.64. The fraction of sp³-hybridized carbons (Fsp3) is 0.150. The molecule has 27 heavy (non-hydrogen) atoms. The van der Waals surface area contributed by atoms with Crippen LogP contribution in [0.25, 0.3) is 6.08 Å². The smallest absolute Gasteiger partial charge is 0.250 e. The van der Waals surface area contributed by atoms with E-state index in [1.54, 1.807) is 25.1 Å². The van der Waals surface area contributed by atoms with Crippen LogP contribution < -0.4 is 16.0 Å². The average molecular weight is 402 g/mol. The van der Waals surface area contributed by atoms with Crippen LogP contribution >= 0.6 is 23.8 Å². The van der Waals surface area contributed by atoms with Gasteiger partial charge in [0, 0.05) is 28.9 Å². The molecule has 0 heterocycles. The molecule has 0 saturated carbocycles. The van der Waals surface area contributed by atoms with E-state index in [1.807, 2.05) is 37.3 Å². The first-order chi connectivity index (χ1) is 12.9. The highest BCUT2D eigenvalue weighted by atomic mass is 35.5. The highest BCUT2D eigenvalue weighted by Gasteiger charge is 2.08. The predicted molar refractivity (Wildman–Crippen MR) is 115 cm³/mol. The molecule has 140 valence electrons. The number of halogens is 1. The molecule has 0 aliphatic carbocycles. The molecule has 3 N–H and O–H groups in total. The number of amides is 2. The minimum absolute atomic E-state index is 0.0733. The van der Waals surface area contributed by atoms with Gasteiger partial charge >= 0.3 is 0 Å². The largest absolute Gasteiger partial charge is 0.332 e. The highest BCUT2D eigenvalue weighted by molar-refractivity contribution is 7.80. The topological polar surface area (TPSA) is 70.2 Å². The van der Waals surface area contributed by atoms with E-state index >= 15 is 0 Å². The number of benzene rings is 2. The first-order valence-electron chi connectivity index (χ1n) is 8.34. The van der Waals surface area contributed by atoms with Crippen LogP contribution in [-0.2, 0) is 9.59 Å². The second-order valence-corrected chi connectivity index (χ2v) is 6.49.